The van der Waals surface area contributed by atoms with Gasteiger partial charge in [-0.05, 0) is 12.8 Å². The number of nitrogens with zero attached hydrogens (tertiary/aromatic N) is 1. The van der Waals surface area contributed by atoms with Crippen LogP contribution in [0.15, 0.2) is 5.16 Å². The summed E-state index contributed by atoms with van der Waals surface area (Å²) in [4.78, 5) is 0. The van der Waals surface area contributed by atoms with Crippen LogP contribution in [0.1, 0.15) is 32.1 Å². The zero-order chi connectivity index (χ0) is 12.9. The Morgan fingerprint density at radius 3 is 2.41 bits per heavy atom. The van der Waals surface area contributed by atoms with Gasteiger partial charge in [0.05, 0.1) is 12.7 Å². The van der Waals surface area contributed by atoms with E-state index in [1.807, 2.05) is 0 Å². The number of rotatable bonds is 4. The Morgan fingerprint density at radius 2 is 1.94 bits per heavy atom. The number of ether oxygens (including phenoxy) is 1. The van der Waals surface area contributed by atoms with Gasteiger partial charge in [0.15, 0.2) is 5.84 Å². The summed E-state index contributed by atoms with van der Waals surface area (Å²) in [6, 6.07) is 0. The minimum Gasteiger partial charge on any atom is -0.409 e. The molecule has 1 unspecified atom stereocenters. The van der Waals surface area contributed by atoms with Gasteiger partial charge in [-0.2, -0.15) is 13.2 Å². The third kappa shape index (κ3) is 4.41. The zero-order valence-electron chi connectivity index (χ0n) is 9.41. The van der Waals surface area contributed by atoms with Crippen molar-refractivity contribution in [2.45, 2.75) is 44.4 Å². The SMILES string of the molecule is NC(=NO)C(COC1CCCCC1)C(F)(F)F. The lowest BCUT2D eigenvalue weighted by atomic mass is 9.97. The standard InChI is InChI=1S/C10H17F3N2O2/c11-10(12,13)8(9(14)15-16)6-17-7-4-2-1-3-5-7/h7-8,16H,1-6H2,(H2,14,15). The number of oxime groups is 1. The normalized spacial score (nSPS) is 21.5. The molecule has 0 aromatic rings. The van der Waals surface area contributed by atoms with E-state index >= 15 is 0 Å². The Morgan fingerprint density at radius 1 is 1.35 bits per heavy atom. The van der Waals surface area contributed by atoms with Crippen LogP contribution < -0.4 is 5.73 Å². The number of nitrogens with two attached hydrogens (primary N) is 1. The molecule has 3 N–H and O–H groups in total. The van der Waals surface area contributed by atoms with Crippen molar-refractivity contribution in [2.24, 2.45) is 16.8 Å². The van der Waals surface area contributed by atoms with Crippen molar-refractivity contribution in [3.8, 4) is 0 Å². The van der Waals surface area contributed by atoms with E-state index in [1.54, 1.807) is 0 Å². The highest BCUT2D eigenvalue weighted by Gasteiger charge is 2.43. The Labute approximate surface area is 97.6 Å². The van der Waals surface area contributed by atoms with Gasteiger partial charge in [0.2, 0.25) is 0 Å². The highest BCUT2D eigenvalue weighted by Crippen LogP contribution is 2.28. The van der Waals surface area contributed by atoms with Crippen molar-refractivity contribution in [3.63, 3.8) is 0 Å². The van der Waals surface area contributed by atoms with Crippen LogP contribution in [-0.4, -0.2) is 29.9 Å². The molecule has 7 heteroatoms. The molecule has 1 aliphatic rings. The predicted molar refractivity (Wildman–Crippen MR) is 55.8 cm³/mol. The quantitative estimate of drug-likeness (QED) is 0.350. The fraction of sp³-hybridized carbons (Fsp3) is 0.900. The molecule has 17 heavy (non-hydrogen) atoms. The van der Waals surface area contributed by atoms with E-state index < -0.39 is 24.5 Å². The Bertz CT molecular complexity index is 263. The predicted octanol–water partition coefficient (Wildman–Crippen LogP) is 2.26. The summed E-state index contributed by atoms with van der Waals surface area (Å²) >= 11 is 0. The van der Waals surface area contributed by atoms with E-state index in [-0.39, 0.29) is 6.10 Å². The highest BCUT2D eigenvalue weighted by atomic mass is 19.4. The van der Waals surface area contributed by atoms with E-state index in [2.05, 4.69) is 5.16 Å². The molecule has 1 atom stereocenters. The molecule has 0 aromatic heterocycles. The maximum Gasteiger partial charge on any atom is 0.401 e. The molecule has 4 nitrogen and oxygen atoms in total. The monoisotopic (exact) mass is 254 g/mol. The lowest BCUT2D eigenvalue weighted by Gasteiger charge is -2.25. The maximum absolute atomic E-state index is 12.6. The van der Waals surface area contributed by atoms with Gasteiger partial charge in [-0.25, -0.2) is 0 Å². The van der Waals surface area contributed by atoms with Crippen LogP contribution in [0, 0.1) is 5.92 Å². The molecule has 0 bridgehead atoms. The van der Waals surface area contributed by atoms with Crippen LogP contribution in [0.3, 0.4) is 0 Å². The van der Waals surface area contributed by atoms with E-state index in [0.717, 1.165) is 32.1 Å². The third-order valence-electron chi connectivity index (χ3n) is 2.92. The lowest BCUT2D eigenvalue weighted by molar-refractivity contribution is -0.173. The molecule has 0 aromatic carbocycles. The summed E-state index contributed by atoms with van der Waals surface area (Å²) in [7, 11) is 0. The summed E-state index contributed by atoms with van der Waals surface area (Å²) in [6.07, 6.45) is -0.0782. The van der Waals surface area contributed by atoms with Gasteiger partial charge in [-0.15, -0.1) is 0 Å². The minimum absolute atomic E-state index is 0.139. The third-order valence-corrected chi connectivity index (χ3v) is 2.92. The van der Waals surface area contributed by atoms with Crippen LogP contribution in [0.4, 0.5) is 13.2 Å². The van der Waals surface area contributed by atoms with Gasteiger partial charge in [-0.3, -0.25) is 0 Å². The number of halogens is 3. The Hall–Kier alpha value is -0.980. The first-order valence-corrected chi connectivity index (χ1v) is 5.61. The molecule has 1 aliphatic carbocycles. The smallest absolute Gasteiger partial charge is 0.401 e. The second-order valence-corrected chi connectivity index (χ2v) is 4.21. The zero-order valence-corrected chi connectivity index (χ0v) is 9.41. The van der Waals surface area contributed by atoms with Gasteiger partial charge in [0.25, 0.3) is 0 Å². The van der Waals surface area contributed by atoms with Crippen LogP contribution in [0.2, 0.25) is 0 Å². The summed E-state index contributed by atoms with van der Waals surface area (Å²) in [5.41, 5.74) is 5.02. The summed E-state index contributed by atoms with van der Waals surface area (Å²) in [5, 5.41) is 10.7. The van der Waals surface area contributed by atoms with Crippen molar-refractivity contribution in [1.29, 1.82) is 0 Å². The fourth-order valence-corrected chi connectivity index (χ4v) is 1.88. The second kappa shape index (κ2) is 6.09. The van der Waals surface area contributed by atoms with Crippen molar-refractivity contribution in [2.75, 3.05) is 6.61 Å². The second-order valence-electron chi connectivity index (χ2n) is 4.21. The molecule has 0 saturated heterocycles. The number of amidine groups is 1. The summed E-state index contributed by atoms with van der Waals surface area (Å²) in [6.45, 7) is -0.579. The van der Waals surface area contributed by atoms with Crippen molar-refractivity contribution < 1.29 is 23.1 Å². The van der Waals surface area contributed by atoms with Crippen LogP contribution in [0.25, 0.3) is 0 Å². The van der Waals surface area contributed by atoms with Gasteiger partial charge in [0, 0.05) is 0 Å². The number of hydrogen-bond donors (Lipinski definition) is 2. The van der Waals surface area contributed by atoms with Crippen LogP contribution >= 0.6 is 0 Å². The first-order valence-electron chi connectivity index (χ1n) is 5.61. The van der Waals surface area contributed by atoms with E-state index in [1.165, 1.54) is 0 Å². The molecule has 0 spiro atoms. The number of hydrogen-bond acceptors (Lipinski definition) is 3. The number of alkyl halides is 3. The van der Waals surface area contributed by atoms with E-state index in [4.69, 9.17) is 15.7 Å². The van der Waals surface area contributed by atoms with Gasteiger partial charge in [-0.1, -0.05) is 24.4 Å². The Balaban J connectivity index is 2.49. The molecule has 1 saturated carbocycles. The molecule has 0 radical (unpaired) electrons. The molecule has 0 heterocycles. The molecular weight excluding hydrogens is 237 g/mol. The van der Waals surface area contributed by atoms with Gasteiger partial charge in [0.1, 0.15) is 5.92 Å². The van der Waals surface area contributed by atoms with Crippen LogP contribution in [0.5, 0.6) is 0 Å². The van der Waals surface area contributed by atoms with E-state index in [9.17, 15) is 13.2 Å². The van der Waals surface area contributed by atoms with Crippen molar-refractivity contribution >= 4 is 5.84 Å². The van der Waals surface area contributed by atoms with Crippen LogP contribution in [-0.2, 0) is 4.74 Å². The first-order chi connectivity index (χ1) is 7.95. The van der Waals surface area contributed by atoms with E-state index in [0.29, 0.717) is 0 Å². The topological polar surface area (TPSA) is 67.8 Å². The molecular formula is C10H17F3N2O2. The average Bonchev–Trinajstić information content (AvgIpc) is 2.28. The molecule has 100 valence electrons. The van der Waals surface area contributed by atoms with Crippen molar-refractivity contribution in [1.82, 2.24) is 0 Å². The highest BCUT2D eigenvalue weighted by molar-refractivity contribution is 5.83. The minimum atomic E-state index is -4.55. The molecule has 1 rings (SSSR count). The molecule has 1 fully saturated rings. The average molecular weight is 254 g/mol. The lowest BCUT2D eigenvalue weighted by Crippen LogP contribution is -2.40. The maximum atomic E-state index is 12.6. The first kappa shape index (κ1) is 14.1. The largest absolute Gasteiger partial charge is 0.409 e. The Kier molecular flexibility index (Phi) is 5.04. The molecule has 0 aliphatic heterocycles. The summed E-state index contributed by atoms with van der Waals surface area (Å²) in [5.74, 6) is -2.89. The van der Waals surface area contributed by atoms with Crippen molar-refractivity contribution in [3.05, 3.63) is 0 Å². The fourth-order valence-electron chi connectivity index (χ4n) is 1.88. The van der Waals surface area contributed by atoms with Gasteiger partial charge < -0.3 is 15.7 Å². The summed E-state index contributed by atoms with van der Waals surface area (Å²) < 4.78 is 42.9. The van der Waals surface area contributed by atoms with Gasteiger partial charge >= 0.3 is 6.18 Å². The molecule has 0 amide bonds.